The maximum absolute atomic E-state index is 12.6. The Morgan fingerprint density at radius 1 is 1.50 bits per heavy atom. The quantitative estimate of drug-likeness (QED) is 0.866. The molecular formula is C16H22N2O2. The molecule has 3 rings (SSSR count). The lowest BCUT2D eigenvalue weighted by Gasteiger charge is -2.26. The van der Waals surface area contributed by atoms with E-state index in [1.165, 1.54) is 5.56 Å². The van der Waals surface area contributed by atoms with E-state index in [2.05, 4.69) is 12.2 Å². The lowest BCUT2D eigenvalue weighted by molar-refractivity contribution is 0.0648. The lowest BCUT2D eigenvalue weighted by atomic mass is 10.00. The summed E-state index contributed by atoms with van der Waals surface area (Å²) in [7, 11) is 0. The lowest BCUT2D eigenvalue weighted by Crippen LogP contribution is -2.39. The molecule has 0 aromatic heterocycles. The number of likely N-dealkylation sites (tertiary alicyclic amines) is 1. The minimum absolute atomic E-state index is 0.0309. The number of fused-ring (bicyclic) bond motifs is 1. The number of anilines is 1. The van der Waals surface area contributed by atoms with Crippen molar-refractivity contribution in [1.82, 2.24) is 4.90 Å². The van der Waals surface area contributed by atoms with Gasteiger partial charge in [-0.25, -0.2) is 0 Å². The highest BCUT2D eigenvalue weighted by Crippen LogP contribution is 2.28. The van der Waals surface area contributed by atoms with Crippen LogP contribution in [0.4, 0.5) is 5.69 Å². The molecule has 20 heavy (non-hydrogen) atoms. The van der Waals surface area contributed by atoms with Crippen molar-refractivity contribution in [2.45, 2.75) is 32.2 Å². The third-order valence-electron chi connectivity index (χ3n) is 4.62. The molecule has 0 radical (unpaired) electrons. The number of nitrogens with one attached hydrogen (secondary N) is 1. The highest BCUT2D eigenvalue weighted by Gasteiger charge is 2.34. The Hall–Kier alpha value is -1.55. The van der Waals surface area contributed by atoms with Gasteiger partial charge < -0.3 is 15.3 Å². The maximum Gasteiger partial charge on any atom is 0.254 e. The third kappa shape index (κ3) is 2.29. The standard InChI is InChI=1S/C16H22N2O2/c1-11-6-8-18(15(11)10-19)16(20)13-4-5-14-12(9-13)3-2-7-17-14/h4-5,9,11,15,17,19H,2-3,6-8,10H2,1H3. The Morgan fingerprint density at radius 2 is 2.35 bits per heavy atom. The van der Waals surface area contributed by atoms with Gasteiger partial charge in [0, 0.05) is 24.3 Å². The van der Waals surface area contributed by atoms with Crippen LogP contribution in [-0.2, 0) is 6.42 Å². The molecule has 2 aliphatic rings. The van der Waals surface area contributed by atoms with E-state index in [0.717, 1.165) is 43.6 Å². The molecule has 2 N–H and O–H groups in total. The minimum atomic E-state index is -0.0309. The summed E-state index contributed by atoms with van der Waals surface area (Å²) in [5, 5.41) is 12.9. The Bertz CT molecular complexity index is 515. The monoisotopic (exact) mass is 274 g/mol. The van der Waals surface area contributed by atoms with Gasteiger partial charge in [0.2, 0.25) is 0 Å². The van der Waals surface area contributed by atoms with Crippen LogP contribution in [0.2, 0.25) is 0 Å². The summed E-state index contributed by atoms with van der Waals surface area (Å²) in [4.78, 5) is 14.5. The van der Waals surface area contributed by atoms with E-state index in [4.69, 9.17) is 0 Å². The number of amides is 1. The number of benzene rings is 1. The molecule has 108 valence electrons. The van der Waals surface area contributed by atoms with Crippen molar-refractivity contribution in [3.8, 4) is 0 Å². The van der Waals surface area contributed by atoms with Gasteiger partial charge in [-0.15, -0.1) is 0 Å². The summed E-state index contributed by atoms with van der Waals surface area (Å²) in [6.07, 6.45) is 3.12. The van der Waals surface area contributed by atoms with Crippen LogP contribution in [-0.4, -0.2) is 41.7 Å². The van der Waals surface area contributed by atoms with Gasteiger partial charge in [-0.1, -0.05) is 6.92 Å². The number of hydrogen-bond donors (Lipinski definition) is 2. The summed E-state index contributed by atoms with van der Waals surface area (Å²) >= 11 is 0. The normalized spacial score (nSPS) is 25.2. The van der Waals surface area contributed by atoms with Gasteiger partial charge in [0.1, 0.15) is 0 Å². The smallest absolute Gasteiger partial charge is 0.254 e. The van der Waals surface area contributed by atoms with Crippen molar-refractivity contribution in [2.75, 3.05) is 25.0 Å². The molecule has 1 amide bonds. The van der Waals surface area contributed by atoms with E-state index in [1.54, 1.807) is 0 Å². The van der Waals surface area contributed by atoms with Crippen molar-refractivity contribution >= 4 is 11.6 Å². The molecule has 2 unspecified atom stereocenters. The first-order valence-corrected chi connectivity index (χ1v) is 7.49. The van der Waals surface area contributed by atoms with Crippen LogP contribution in [0.5, 0.6) is 0 Å². The molecule has 0 saturated carbocycles. The average Bonchev–Trinajstić information content (AvgIpc) is 2.86. The zero-order valence-electron chi connectivity index (χ0n) is 11.9. The van der Waals surface area contributed by atoms with E-state index in [1.807, 2.05) is 23.1 Å². The van der Waals surface area contributed by atoms with Crippen LogP contribution in [0, 0.1) is 5.92 Å². The van der Waals surface area contributed by atoms with Crippen LogP contribution < -0.4 is 5.32 Å². The van der Waals surface area contributed by atoms with Crippen LogP contribution >= 0.6 is 0 Å². The number of aryl methyl sites for hydroxylation is 1. The summed E-state index contributed by atoms with van der Waals surface area (Å²) in [5.74, 6) is 0.435. The molecule has 1 fully saturated rings. The third-order valence-corrected chi connectivity index (χ3v) is 4.62. The molecule has 2 aliphatic heterocycles. The molecular weight excluding hydrogens is 252 g/mol. The first-order chi connectivity index (χ1) is 9.70. The molecule has 2 heterocycles. The van der Waals surface area contributed by atoms with Gasteiger partial charge in [0.25, 0.3) is 5.91 Å². The zero-order valence-corrected chi connectivity index (χ0v) is 11.9. The van der Waals surface area contributed by atoms with Crippen LogP contribution in [0.1, 0.15) is 35.7 Å². The molecule has 1 aromatic rings. The van der Waals surface area contributed by atoms with Gasteiger partial charge in [-0.2, -0.15) is 0 Å². The van der Waals surface area contributed by atoms with Crippen molar-refractivity contribution in [3.63, 3.8) is 0 Å². The molecule has 4 nitrogen and oxygen atoms in total. The fourth-order valence-corrected chi connectivity index (χ4v) is 3.31. The van der Waals surface area contributed by atoms with E-state index in [-0.39, 0.29) is 18.6 Å². The fourth-order valence-electron chi connectivity index (χ4n) is 3.31. The van der Waals surface area contributed by atoms with Crippen molar-refractivity contribution in [2.24, 2.45) is 5.92 Å². The predicted octanol–water partition coefficient (Wildman–Crippen LogP) is 1.89. The minimum Gasteiger partial charge on any atom is -0.394 e. The average molecular weight is 274 g/mol. The van der Waals surface area contributed by atoms with Crippen molar-refractivity contribution < 1.29 is 9.90 Å². The number of rotatable bonds is 2. The summed E-state index contributed by atoms with van der Waals surface area (Å²) in [5.41, 5.74) is 3.14. The Balaban J connectivity index is 1.83. The molecule has 1 saturated heterocycles. The predicted molar refractivity (Wildman–Crippen MR) is 78.9 cm³/mol. The van der Waals surface area contributed by atoms with Crippen molar-refractivity contribution in [1.29, 1.82) is 0 Å². The van der Waals surface area contributed by atoms with Gasteiger partial charge in [-0.3, -0.25) is 4.79 Å². The number of aliphatic hydroxyl groups excluding tert-OH is 1. The van der Waals surface area contributed by atoms with Gasteiger partial charge in [-0.05, 0) is 48.9 Å². The second-order valence-corrected chi connectivity index (χ2v) is 5.92. The molecule has 0 bridgehead atoms. The Labute approximate surface area is 119 Å². The second kappa shape index (κ2) is 5.44. The number of carbonyl (C=O) groups is 1. The molecule has 4 heteroatoms. The Kier molecular flexibility index (Phi) is 3.66. The van der Waals surface area contributed by atoms with Crippen molar-refractivity contribution in [3.05, 3.63) is 29.3 Å². The van der Waals surface area contributed by atoms with E-state index < -0.39 is 0 Å². The zero-order chi connectivity index (χ0) is 14.1. The molecule has 0 aliphatic carbocycles. The number of nitrogens with zero attached hydrogens (tertiary/aromatic N) is 1. The topological polar surface area (TPSA) is 52.6 Å². The van der Waals surface area contributed by atoms with E-state index in [0.29, 0.717) is 5.92 Å². The largest absolute Gasteiger partial charge is 0.394 e. The van der Waals surface area contributed by atoms with Gasteiger partial charge >= 0.3 is 0 Å². The molecule has 0 spiro atoms. The summed E-state index contributed by atoms with van der Waals surface area (Å²) < 4.78 is 0. The first-order valence-electron chi connectivity index (χ1n) is 7.49. The van der Waals surface area contributed by atoms with E-state index >= 15 is 0 Å². The SMILES string of the molecule is CC1CCN(C(=O)c2ccc3c(c2)CCCN3)C1CO. The maximum atomic E-state index is 12.6. The van der Waals surface area contributed by atoms with Gasteiger partial charge in [0.15, 0.2) is 0 Å². The molecule has 1 aromatic carbocycles. The van der Waals surface area contributed by atoms with Crippen LogP contribution in [0.15, 0.2) is 18.2 Å². The highest BCUT2D eigenvalue weighted by molar-refractivity contribution is 5.95. The Morgan fingerprint density at radius 3 is 3.15 bits per heavy atom. The summed E-state index contributed by atoms with van der Waals surface area (Å²) in [6.45, 7) is 3.92. The van der Waals surface area contributed by atoms with Gasteiger partial charge in [0.05, 0.1) is 12.6 Å². The number of aliphatic hydroxyl groups is 1. The van der Waals surface area contributed by atoms with Crippen LogP contribution in [0.25, 0.3) is 0 Å². The highest BCUT2D eigenvalue weighted by atomic mass is 16.3. The van der Waals surface area contributed by atoms with Crippen LogP contribution in [0.3, 0.4) is 0 Å². The molecule has 2 atom stereocenters. The number of carbonyl (C=O) groups excluding carboxylic acids is 1. The van der Waals surface area contributed by atoms with E-state index in [9.17, 15) is 9.90 Å². The fraction of sp³-hybridized carbons (Fsp3) is 0.562. The summed E-state index contributed by atoms with van der Waals surface area (Å²) in [6, 6.07) is 5.89. The number of hydrogen-bond acceptors (Lipinski definition) is 3. The first kappa shape index (κ1) is 13.4. The second-order valence-electron chi connectivity index (χ2n) is 5.92.